The predicted molar refractivity (Wildman–Crippen MR) is 178 cm³/mol. The van der Waals surface area contributed by atoms with Crippen molar-refractivity contribution in [1.29, 1.82) is 5.26 Å². The van der Waals surface area contributed by atoms with Gasteiger partial charge < -0.3 is 20.6 Å². The van der Waals surface area contributed by atoms with Crippen molar-refractivity contribution in [2.45, 2.75) is 62.0 Å². The van der Waals surface area contributed by atoms with Crippen molar-refractivity contribution in [3.8, 4) is 6.07 Å². The first-order valence-electron chi connectivity index (χ1n) is 13.6. The van der Waals surface area contributed by atoms with Crippen molar-refractivity contribution in [3.05, 3.63) is 20.6 Å². The van der Waals surface area contributed by atoms with Crippen LogP contribution in [0, 0.1) is 11.3 Å². The van der Waals surface area contributed by atoms with Crippen LogP contribution < -0.4 is 0 Å². The molecule has 0 heterocycles. The third kappa shape index (κ3) is 30.6. The van der Waals surface area contributed by atoms with Crippen LogP contribution in [0.2, 0.25) is 0 Å². The minimum absolute atomic E-state index is 0. The molecule has 0 saturated carbocycles. The zero-order chi connectivity index (χ0) is 66.2. The summed E-state index contributed by atoms with van der Waals surface area (Å²) in [6.45, 7) is 1.43. The van der Waals surface area contributed by atoms with E-state index in [0.29, 0.717) is 0 Å². The third-order valence-electron chi connectivity index (χ3n) is 3.91. The number of sulfonamides is 10. The van der Waals surface area contributed by atoms with E-state index >= 15 is 0 Å². The van der Waals surface area contributed by atoms with Gasteiger partial charge in [-0.05, 0) is 0 Å². The van der Waals surface area contributed by atoms with Gasteiger partial charge in [0.05, 0.1) is 6.07 Å². The van der Waals surface area contributed by atoms with E-state index in [4.69, 9.17) is 5.26 Å². The number of nitrogens with zero attached hydrogens (tertiary/aromatic N) is 6. The van der Waals surface area contributed by atoms with Gasteiger partial charge in [-0.25, -0.2) is 84.2 Å². The summed E-state index contributed by atoms with van der Waals surface area (Å²) in [5.41, 5.74) is -62.0. The molecule has 80 heavy (non-hydrogen) atoms. The molecule has 2 radical (unpaired) electrons. The molecule has 0 fully saturated rings. The first kappa shape index (κ1) is 94.2. The Hall–Kier alpha value is -2.17. The van der Waals surface area contributed by atoms with Crippen LogP contribution in [0.1, 0.15) is 6.92 Å². The summed E-state index contributed by atoms with van der Waals surface area (Å²) in [7, 11) is -67.2. The van der Waals surface area contributed by atoms with Gasteiger partial charge in [0.15, 0.2) is 100 Å². The van der Waals surface area contributed by atoms with Gasteiger partial charge in [0.1, 0.15) is 0 Å². The largest absolute Gasteiger partial charge is 3.00 e. The first-order valence-corrected chi connectivity index (χ1v) is 28.0. The normalized spacial score (nSPS) is 14.5. The monoisotopic (exact) mass is 1610 g/mol. The van der Waals surface area contributed by atoms with Gasteiger partial charge >= 0.3 is 91.6 Å². The summed E-state index contributed by atoms with van der Waals surface area (Å²) in [6, 6.07) is 1.75. The topological polar surface area (TPSA) is 436 Å². The maximum Gasteiger partial charge on any atom is 3.00 e. The van der Waals surface area contributed by atoms with Crippen molar-refractivity contribution in [1.82, 2.24) is 0 Å². The second kappa shape index (κ2) is 28.8. The molecular weight excluding hydrogens is 1600 g/mol. The molecule has 0 aromatic carbocycles. The first-order chi connectivity index (χ1) is 32.4. The molecule has 490 valence electrons. The molecule has 26 nitrogen and oxygen atoms in total. The van der Waals surface area contributed by atoms with Crippen LogP contribution in [0.5, 0.6) is 0 Å². The number of alkyl halides is 30. The molecule has 0 aromatic rings. The molecule has 0 rings (SSSR count). The quantitative estimate of drug-likeness (QED) is 0.183. The minimum atomic E-state index is -6.72. The Balaban J connectivity index is -0.000000132. The molecule has 0 N–H and O–H groups in total. The fourth-order valence-electron chi connectivity index (χ4n) is 1.07. The van der Waals surface area contributed by atoms with Gasteiger partial charge in [-0.1, -0.05) is 0 Å². The SMILES string of the molecule is CC#N.O=S(=O)([N-]S(=O)(=O)C(F)(F)F)C(F)(F)F.O=S(=O)([N-]S(=O)(=O)C(F)(F)F)C(F)(F)F.O=S(=O)([N-]S(=O)(=O)C(F)(F)F)C(F)(F)F.O=S(=O)([N-]S(=O)(=O)C(F)(F)F)C(F)(F)F.O=S(=O)([N-]S(=O)(=O)C(F)(F)F)C(F)(F)F.[Cu+2].[Ru+3]. The fourth-order valence-corrected chi connectivity index (χ4v) is 9.62. The number of halogens is 30. The molecule has 68 heteroatoms. The summed E-state index contributed by atoms with van der Waals surface area (Å²) in [4.78, 5) is 0. The van der Waals surface area contributed by atoms with Crippen LogP contribution in [0.25, 0.3) is 20.6 Å². The van der Waals surface area contributed by atoms with E-state index in [9.17, 15) is 216 Å². The van der Waals surface area contributed by atoms with E-state index < -0.39 is 155 Å². The molecule has 0 bridgehead atoms. The zero-order valence-electron chi connectivity index (χ0n) is 33.4. The van der Waals surface area contributed by atoms with Gasteiger partial charge in [-0.2, -0.15) is 137 Å². The third-order valence-corrected chi connectivity index (χ3v) is 17.6. The van der Waals surface area contributed by atoms with Gasteiger partial charge in [0.2, 0.25) is 0 Å². The summed E-state index contributed by atoms with van der Waals surface area (Å²) < 4.78 is 546. The van der Waals surface area contributed by atoms with Crippen molar-refractivity contribution >= 4 is 100 Å². The number of hydrogen-bond donors (Lipinski definition) is 0. The predicted octanol–water partition coefficient (Wildman–Crippen LogP) is 5.82. The maximum absolute atomic E-state index is 11.4. The van der Waals surface area contributed by atoms with Crippen LogP contribution in [-0.2, 0) is 137 Å². The van der Waals surface area contributed by atoms with E-state index in [1.807, 2.05) is 0 Å². The maximum atomic E-state index is 11.4. The zero-order valence-corrected chi connectivity index (χ0v) is 44.3. The Labute approximate surface area is 444 Å². The Morgan fingerprint density at radius 3 is 0.287 bits per heavy atom. The molecule has 0 aliphatic carbocycles. The summed E-state index contributed by atoms with van der Waals surface area (Å²) in [5, 5.41) is 7.32. The van der Waals surface area contributed by atoms with E-state index in [0.717, 1.165) is 20.6 Å². The van der Waals surface area contributed by atoms with Gasteiger partial charge in [0, 0.05) is 6.92 Å². The average Bonchev–Trinajstić information content (AvgIpc) is 3.02. The average molecular weight is 1610 g/mol. The van der Waals surface area contributed by atoms with Gasteiger partial charge in [-0.3, -0.25) is 0 Å². The molecule has 0 spiro atoms. The fraction of sp³-hybridized carbons (Fsp3) is 0.917. The second-order valence-corrected chi connectivity index (χ2v) is 26.9. The van der Waals surface area contributed by atoms with Crippen LogP contribution in [-0.4, -0.2) is 139 Å². The van der Waals surface area contributed by atoms with Crippen molar-refractivity contribution in [2.24, 2.45) is 0 Å². The smallest absolute Gasteiger partial charge is 0.421 e. The molecule has 0 aliphatic rings. The Morgan fingerprint density at radius 2 is 0.263 bits per heavy atom. The number of rotatable bonds is 10. The standard InChI is InChI=1S/5C2F6NO4S2.C2H3N.Cu.Ru/c5*3-1(4,5)14(10,11)9-15(12,13)2(6,7)8;1-2-3;;/h;;;;;1H3;;/q5*-1;;+2;+3. The molecule has 0 amide bonds. The molecule has 0 atom stereocenters. The summed E-state index contributed by atoms with van der Waals surface area (Å²) in [5.74, 6) is 0. The minimum Gasteiger partial charge on any atom is -0.421 e. The molecular formula is C12H3CuF30N6O20RuS10. The van der Waals surface area contributed by atoms with Crippen LogP contribution in [0.15, 0.2) is 0 Å². The van der Waals surface area contributed by atoms with E-state index in [2.05, 4.69) is 0 Å². The van der Waals surface area contributed by atoms with E-state index in [-0.39, 0.29) is 36.5 Å². The molecule has 0 aliphatic heterocycles. The van der Waals surface area contributed by atoms with Crippen LogP contribution >= 0.6 is 0 Å². The van der Waals surface area contributed by atoms with E-state index in [1.165, 1.54) is 6.92 Å². The van der Waals surface area contributed by atoms with E-state index in [1.54, 1.807) is 6.07 Å². The Bertz CT molecular complexity index is 2550. The summed E-state index contributed by atoms with van der Waals surface area (Å²) in [6.07, 6.45) is 0. The number of hydrogen-bond acceptors (Lipinski definition) is 21. The van der Waals surface area contributed by atoms with Crippen LogP contribution in [0.3, 0.4) is 0 Å². The Morgan fingerprint density at radius 1 is 0.225 bits per heavy atom. The molecule has 0 aromatic heterocycles. The van der Waals surface area contributed by atoms with Crippen molar-refractivity contribution in [3.63, 3.8) is 0 Å². The second-order valence-electron chi connectivity index (χ2n) is 9.80. The molecule has 0 unspecified atom stereocenters. The molecule has 0 saturated heterocycles. The van der Waals surface area contributed by atoms with Gasteiger partial charge in [-0.15, -0.1) is 0 Å². The number of nitriles is 1. The van der Waals surface area contributed by atoms with Crippen molar-refractivity contribution in [2.75, 3.05) is 0 Å². The Kier molecular flexibility index (Phi) is 33.9. The van der Waals surface area contributed by atoms with Gasteiger partial charge in [0.25, 0.3) is 0 Å². The van der Waals surface area contributed by atoms with Crippen molar-refractivity contribution < 1.29 is 252 Å². The summed E-state index contributed by atoms with van der Waals surface area (Å²) >= 11 is 0. The van der Waals surface area contributed by atoms with Crippen LogP contribution in [0.4, 0.5) is 132 Å².